The fourth-order valence-corrected chi connectivity index (χ4v) is 4.81. The maximum atomic E-state index is 5.13. The van der Waals surface area contributed by atoms with Crippen LogP contribution in [0.1, 0.15) is 86.8 Å². The molecule has 28 heavy (non-hydrogen) atoms. The molecule has 2 aromatic carbocycles. The molecule has 2 aliphatic carbocycles. The molecule has 0 saturated heterocycles. The molecule has 0 heterocycles. The van der Waals surface area contributed by atoms with Crippen molar-refractivity contribution in [3.63, 3.8) is 0 Å². The van der Waals surface area contributed by atoms with Crippen molar-refractivity contribution in [1.29, 1.82) is 0 Å². The van der Waals surface area contributed by atoms with Gasteiger partial charge in [-0.15, -0.1) is 0 Å². The van der Waals surface area contributed by atoms with E-state index in [2.05, 4.69) is 70.0 Å². The van der Waals surface area contributed by atoms with Crippen LogP contribution in [-0.2, 0) is 42.6 Å². The van der Waals surface area contributed by atoms with Crippen LogP contribution in [-0.4, -0.2) is 4.21 Å². The SMILES string of the molecule is Cc1cc2c([cH-]1)CCCC2(C)C.Cc1cc2c([cH-]1)CCCC2(C)C.[CH2]=[Zr]([Cl])[Cl]. The van der Waals surface area contributed by atoms with Gasteiger partial charge in [-0.3, -0.25) is 0 Å². The van der Waals surface area contributed by atoms with Gasteiger partial charge in [0.25, 0.3) is 0 Å². The summed E-state index contributed by atoms with van der Waals surface area (Å²) in [6.07, 6.45) is 8.03. The van der Waals surface area contributed by atoms with E-state index in [1.54, 1.807) is 22.3 Å². The molecule has 0 amide bonds. The van der Waals surface area contributed by atoms with Gasteiger partial charge in [0.2, 0.25) is 0 Å². The molecule has 4 rings (SSSR count). The normalized spacial score (nSPS) is 18.6. The Hall–Kier alpha value is 0.0331. The van der Waals surface area contributed by atoms with Crippen LogP contribution in [0.5, 0.6) is 0 Å². The van der Waals surface area contributed by atoms with Crippen LogP contribution in [0.2, 0.25) is 0 Å². The Morgan fingerprint density at radius 1 is 0.821 bits per heavy atom. The van der Waals surface area contributed by atoms with Crippen LogP contribution in [0.4, 0.5) is 0 Å². The van der Waals surface area contributed by atoms with Gasteiger partial charge in [0.15, 0.2) is 0 Å². The van der Waals surface area contributed by atoms with Crippen LogP contribution in [0.15, 0.2) is 24.3 Å². The third kappa shape index (κ3) is 6.52. The van der Waals surface area contributed by atoms with Gasteiger partial charge in [-0.2, -0.15) is 45.5 Å². The van der Waals surface area contributed by atoms with E-state index in [1.165, 1.54) is 49.7 Å². The zero-order chi connectivity index (χ0) is 21.1. The minimum atomic E-state index is -1.85. The molecule has 0 radical (unpaired) electrons. The molecule has 2 aliphatic rings. The Labute approximate surface area is 187 Å². The molecule has 0 atom stereocenters. The quantitative estimate of drug-likeness (QED) is 0.323. The van der Waals surface area contributed by atoms with Crippen LogP contribution >= 0.6 is 17.0 Å². The third-order valence-corrected chi connectivity index (χ3v) is 6.19. The first-order valence-electron chi connectivity index (χ1n) is 10.5. The summed E-state index contributed by atoms with van der Waals surface area (Å²) in [5.41, 5.74) is 10.2. The molecular formula is C25H36Cl2Zr-2. The van der Waals surface area contributed by atoms with Gasteiger partial charge in [-0.05, 0) is 0 Å². The molecule has 0 saturated carbocycles. The first-order valence-corrected chi connectivity index (χ1v) is 18.5. The second kappa shape index (κ2) is 9.89. The molecule has 0 spiro atoms. The molecule has 0 bridgehead atoms. The fourth-order valence-electron chi connectivity index (χ4n) is 4.81. The minimum absolute atomic E-state index is 0.432. The average Bonchev–Trinajstić information content (AvgIpc) is 3.10. The van der Waals surface area contributed by atoms with Crippen molar-refractivity contribution < 1.29 is 18.9 Å². The van der Waals surface area contributed by atoms with E-state index in [0.717, 1.165) is 0 Å². The Bertz CT molecular complexity index is 738. The van der Waals surface area contributed by atoms with Crippen molar-refractivity contribution in [2.45, 2.75) is 90.9 Å². The van der Waals surface area contributed by atoms with Gasteiger partial charge >= 0.3 is 40.1 Å². The Kier molecular flexibility index (Phi) is 8.59. The standard InChI is InChI=1S/2C12H17.CH2.2ClH.Zr/c2*1-9-7-10-5-4-6-12(2,3)11(10)8-9;;;;/h2*7-8H,4-6H2,1-3H3;1H2;2*1H;/q2*-1;;;;+2/p-2. The number of aryl methyl sites for hydroxylation is 4. The molecule has 0 aromatic heterocycles. The molecular weight excluding hydrogens is 462 g/mol. The van der Waals surface area contributed by atoms with E-state index < -0.39 is 18.9 Å². The van der Waals surface area contributed by atoms with E-state index in [-0.39, 0.29) is 0 Å². The summed E-state index contributed by atoms with van der Waals surface area (Å²) in [7, 11) is 10.3. The van der Waals surface area contributed by atoms with Crippen molar-refractivity contribution in [2.24, 2.45) is 0 Å². The van der Waals surface area contributed by atoms with Crippen molar-refractivity contribution in [3.8, 4) is 0 Å². The van der Waals surface area contributed by atoms with Crippen LogP contribution in [0, 0.1) is 13.8 Å². The predicted octanol–water partition coefficient (Wildman–Crippen LogP) is 8.00. The second-order valence-electron chi connectivity index (χ2n) is 9.76. The number of halogens is 2. The van der Waals surface area contributed by atoms with Crippen LogP contribution in [0.25, 0.3) is 0 Å². The third-order valence-electron chi connectivity index (χ3n) is 6.19. The number of fused-ring (bicyclic) bond motifs is 2. The van der Waals surface area contributed by atoms with Crippen LogP contribution < -0.4 is 0 Å². The van der Waals surface area contributed by atoms with Gasteiger partial charge in [0.05, 0.1) is 0 Å². The first-order chi connectivity index (χ1) is 12.9. The summed E-state index contributed by atoms with van der Waals surface area (Å²) in [6, 6.07) is 9.45. The predicted molar refractivity (Wildman–Crippen MR) is 124 cm³/mol. The van der Waals surface area contributed by atoms with Crippen molar-refractivity contribution in [3.05, 3.63) is 57.6 Å². The van der Waals surface area contributed by atoms with Crippen molar-refractivity contribution in [1.82, 2.24) is 0 Å². The molecule has 0 fully saturated rings. The summed E-state index contributed by atoms with van der Waals surface area (Å²) >= 11 is -1.85. The molecule has 3 heteroatoms. The van der Waals surface area contributed by atoms with Crippen molar-refractivity contribution >= 4 is 21.2 Å². The van der Waals surface area contributed by atoms with Crippen LogP contribution in [0.3, 0.4) is 0 Å². The van der Waals surface area contributed by atoms with Gasteiger partial charge in [0.1, 0.15) is 0 Å². The van der Waals surface area contributed by atoms with Crippen molar-refractivity contribution in [2.75, 3.05) is 0 Å². The fraction of sp³-hybridized carbons (Fsp3) is 0.560. The first kappa shape index (κ1) is 24.3. The second-order valence-corrected chi connectivity index (χ2v) is 18.0. The molecule has 2 aromatic rings. The molecule has 0 aliphatic heterocycles. The van der Waals surface area contributed by atoms with E-state index >= 15 is 0 Å². The van der Waals surface area contributed by atoms with E-state index in [0.29, 0.717) is 10.8 Å². The summed E-state index contributed by atoms with van der Waals surface area (Å²) in [6.45, 7) is 13.9. The Balaban J connectivity index is 0.000000169. The summed E-state index contributed by atoms with van der Waals surface area (Å²) in [4.78, 5) is 0. The van der Waals surface area contributed by atoms with E-state index in [1.807, 2.05) is 0 Å². The summed E-state index contributed by atoms with van der Waals surface area (Å²) < 4.78 is 3.37. The Morgan fingerprint density at radius 3 is 1.43 bits per heavy atom. The van der Waals surface area contributed by atoms with E-state index in [4.69, 9.17) is 17.0 Å². The molecule has 0 N–H and O–H groups in total. The van der Waals surface area contributed by atoms with Gasteiger partial charge in [0, 0.05) is 0 Å². The average molecular weight is 499 g/mol. The Morgan fingerprint density at radius 2 is 1.14 bits per heavy atom. The van der Waals surface area contributed by atoms with Gasteiger partial charge in [-0.1, -0.05) is 90.9 Å². The molecule has 0 unspecified atom stereocenters. The number of rotatable bonds is 0. The maximum absolute atomic E-state index is 5.13. The molecule has 156 valence electrons. The topological polar surface area (TPSA) is 0 Å². The number of hydrogen-bond donors (Lipinski definition) is 0. The zero-order valence-corrected chi connectivity index (χ0v) is 22.5. The van der Waals surface area contributed by atoms with Gasteiger partial charge in [-0.25, -0.2) is 12.1 Å². The zero-order valence-electron chi connectivity index (χ0n) is 18.5. The summed E-state index contributed by atoms with van der Waals surface area (Å²) in [5, 5.41) is 0. The van der Waals surface area contributed by atoms with Gasteiger partial charge < -0.3 is 0 Å². The molecule has 0 nitrogen and oxygen atoms in total. The van der Waals surface area contributed by atoms with E-state index in [9.17, 15) is 0 Å². The number of hydrogen-bond acceptors (Lipinski definition) is 0. The summed E-state index contributed by atoms with van der Waals surface area (Å²) in [5.74, 6) is 0. The monoisotopic (exact) mass is 496 g/mol.